The predicted molar refractivity (Wildman–Crippen MR) is 260 cm³/mol. The van der Waals surface area contributed by atoms with E-state index in [0.717, 1.165) is 34.1 Å². The van der Waals surface area contributed by atoms with Crippen LogP contribution in [0.2, 0.25) is 0 Å². The van der Waals surface area contributed by atoms with Crippen LogP contribution in [0, 0.1) is 0 Å². The van der Waals surface area contributed by atoms with E-state index in [1.54, 1.807) is 0 Å². The summed E-state index contributed by atoms with van der Waals surface area (Å²) in [6.45, 7) is 0. The first-order valence-corrected chi connectivity index (χ1v) is 22.1. The van der Waals surface area contributed by atoms with Gasteiger partial charge in [-0.1, -0.05) is 164 Å². The van der Waals surface area contributed by atoms with Gasteiger partial charge in [0, 0.05) is 48.4 Å². The normalized spacial score (nSPS) is 13.1. The minimum Gasteiger partial charge on any atom is -0.457 e. The highest BCUT2D eigenvalue weighted by atomic mass is 32.1. The average molecular weight is 808 g/mol. The largest absolute Gasteiger partial charge is 0.457 e. The number of hydrogen-bond donors (Lipinski definition) is 0. The van der Waals surface area contributed by atoms with Crippen LogP contribution >= 0.6 is 11.3 Å². The second-order valence-electron chi connectivity index (χ2n) is 16.4. The SMILES string of the molecule is c1ccc(-c2ccc(N(c3cccc(-c4ccc5c(c4)C4(c6ccccc6Oc6ccccc64)c4ccccc4-5)c3)c3ccc4sc5c6ccccc6ccc5c4c3)cc2)cc1. The van der Waals surface area contributed by atoms with E-state index in [2.05, 4.69) is 229 Å². The van der Waals surface area contributed by atoms with E-state index in [-0.39, 0.29) is 0 Å². The number of rotatable bonds is 5. The molecule has 62 heavy (non-hydrogen) atoms. The summed E-state index contributed by atoms with van der Waals surface area (Å²) < 4.78 is 9.25. The summed E-state index contributed by atoms with van der Waals surface area (Å²) in [5.41, 5.74) is 15.0. The van der Waals surface area contributed by atoms with Crippen molar-refractivity contribution in [3.05, 3.63) is 247 Å². The molecule has 1 aliphatic carbocycles. The maximum absolute atomic E-state index is 6.63. The van der Waals surface area contributed by atoms with Gasteiger partial charge in [0.05, 0.1) is 5.41 Å². The smallest absolute Gasteiger partial charge is 0.132 e. The molecule has 1 aromatic heterocycles. The van der Waals surface area contributed by atoms with E-state index in [9.17, 15) is 0 Å². The van der Waals surface area contributed by atoms with Crippen molar-refractivity contribution < 1.29 is 4.74 Å². The monoisotopic (exact) mass is 807 g/mol. The Morgan fingerprint density at radius 2 is 0.968 bits per heavy atom. The molecule has 1 spiro atoms. The van der Waals surface area contributed by atoms with Crippen LogP contribution in [-0.4, -0.2) is 0 Å². The first-order valence-electron chi connectivity index (χ1n) is 21.2. The van der Waals surface area contributed by atoms with Gasteiger partial charge in [0.25, 0.3) is 0 Å². The Morgan fingerprint density at radius 1 is 0.355 bits per heavy atom. The van der Waals surface area contributed by atoms with Gasteiger partial charge in [0.2, 0.25) is 0 Å². The molecule has 0 atom stereocenters. The number of anilines is 3. The maximum atomic E-state index is 6.63. The van der Waals surface area contributed by atoms with E-state index in [4.69, 9.17) is 4.74 Å². The Kier molecular flexibility index (Phi) is 7.72. The van der Waals surface area contributed by atoms with Gasteiger partial charge in [-0.25, -0.2) is 0 Å². The predicted octanol–water partition coefficient (Wildman–Crippen LogP) is 16.5. The molecule has 0 amide bonds. The van der Waals surface area contributed by atoms with Gasteiger partial charge in [0.15, 0.2) is 0 Å². The molecule has 290 valence electrons. The summed E-state index contributed by atoms with van der Waals surface area (Å²) in [6, 6.07) is 82.1. The zero-order valence-corrected chi connectivity index (χ0v) is 34.4. The highest BCUT2D eigenvalue weighted by molar-refractivity contribution is 7.26. The molecule has 2 heterocycles. The summed E-state index contributed by atoms with van der Waals surface area (Å²) in [5.74, 6) is 1.80. The summed E-state index contributed by atoms with van der Waals surface area (Å²) in [6.07, 6.45) is 0. The Bertz CT molecular complexity index is 3520. The van der Waals surface area contributed by atoms with E-state index in [1.165, 1.54) is 81.0 Å². The Hall–Kier alpha value is -7.72. The van der Waals surface area contributed by atoms with Gasteiger partial charge in [-0.05, 0) is 116 Å². The minimum absolute atomic E-state index is 0.526. The molecule has 0 bridgehead atoms. The molecular formula is C59H37NOS. The van der Waals surface area contributed by atoms with Crippen LogP contribution in [0.5, 0.6) is 11.5 Å². The van der Waals surface area contributed by atoms with Gasteiger partial charge in [-0.15, -0.1) is 11.3 Å². The zero-order chi connectivity index (χ0) is 40.8. The summed E-state index contributed by atoms with van der Waals surface area (Å²) in [4.78, 5) is 2.41. The number of thiophene rings is 1. The van der Waals surface area contributed by atoms with Crippen LogP contribution < -0.4 is 9.64 Å². The number of benzene rings is 10. The molecule has 11 aromatic rings. The number of ether oxygens (including phenoxy) is 1. The molecule has 0 N–H and O–H groups in total. The van der Waals surface area contributed by atoms with Gasteiger partial charge < -0.3 is 9.64 Å². The Labute approximate surface area is 364 Å². The third-order valence-corrected chi connectivity index (χ3v) is 14.3. The number of fused-ring (bicyclic) bond motifs is 14. The third-order valence-electron chi connectivity index (χ3n) is 13.1. The van der Waals surface area contributed by atoms with Crippen LogP contribution in [0.15, 0.2) is 224 Å². The van der Waals surface area contributed by atoms with Crippen molar-refractivity contribution in [1.29, 1.82) is 0 Å². The molecule has 10 aromatic carbocycles. The van der Waals surface area contributed by atoms with Crippen molar-refractivity contribution in [2.24, 2.45) is 0 Å². The molecule has 0 saturated heterocycles. The number of nitrogens with zero attached hydrogens (tertiary/aromatic N) is 1. The molecule has 0 fully saturated rings. The van der Waals surface area contributed by atoms with Gasteiger partial charge in [0.1, 0.15) is 11.5 Å². The van der Waals surface area contributed by atoms with Crippen molar-refractivity contribution in [3.63, 3.8) is 0 Å². The topological polar surface area (TPSA) is 12.5 Å². The lowest BCUT2D eigenvalue weighted by molar-refractivity contribution is 0.436. The Balaban J connectivity index is 0.989. The molecule has 0 saturated carbocycles. The first-order chi connectivity index (χ1) is 30.7. The van der Waals surface area contributed by atoms with Crippen LogP contribution in [0.1, 0.15) is 22.3 Å². The number of hydrogen-bond acceptors (Lipinski definition) is 3. The lowest BCUT2D eigenvalue weighted by Crippen LogP contribution is -2.32. The third kappa shape index (κ3) is 5.16. The van der Waals surface area contributed by atoms with E-state index in [1.807, 2.05) is 11.3 Å². The number of para-hydroxylation sites is 2. The fourth-order valence-corrected chi connectivity index (χ4v) is 11.6. The minimum atomic E-state index is -0.526. The molecule has 2 aliphatic rings. The van der Waals surface area contributed by atoms with Crippen molar-refractivity contribution >= 4 is 59.3 Å². The second kappa shape index (κ2) is 13.7. The molecule has 3 heteroatoms. The maximum Gasteiger partial charge on any atom is 0.132 e. The van der Waals surface area contributed by atoms with E-state index < -0.39 is 5.41 Å². The van der Waals surface area contributed by atoms with Crippen LogP contribution in [0.25, 0.3) is 64.3 Å². The van der Waals surface area contributed by atoms with Crippen LogP contribution in [0.4, 0.5) is 17.1 Å². The lowest BCUT2D eigenvalue weighted by atomic mass is 9.66. The molecule has 2 nitrogen and oxygen atoms in total. The first kappa shape index (κ1) is 35.1. The molecule has 0 radical (unpaired) electrons. The van der Waals surface area contributed by atoms with Crippen LogP contribution in [0.3, 0.4) is 0 Å². The summed E-state index contributed by atoms with van der Waals surface area (Å²) in [7, 11) is 0. The van der Waals surface area contributed by atoms with Crippen molar-refractivity contribution in [1.82, 2.24) is 0 Å². The fraction of sp³-hybridized carbons (Fsp3) is 0.0169. The highest BCUT2D eigenvalue weighted by Gasteiger charge is 2.51. The van der Waals surface area contributed by atoms with Crippen LogP contribution in [-0.2, 0) is 5.41 Å². The van der Waals surface area contributed by atoms with Crippen molar-refractivity contribution in [2.45, 2.75) is 5.41 Å². The Morgan fingerprint density at radius 3 is 1.79 bits per heavy atom. The molecule has 0 unspecified atom stereocenters. The van der Waals surface area contributed by atoms with Crippen molar-refractivity contribution in [3.8, 4) is 44.9 Å². The summed E-state index contributed by atoms with van der Waals surface area (Å²) in [5, 5.41) is 5.15. The average Bonchev–Trinajstić information content (AvgIpc) is 3.86. The van der Waals surface area contributed by atoms with Crippen molar-refractivity contribution in [2.75, 3.05) is 4.90 Å². The molecule has 1 aliphatic heterocycles. The fourth-order valence-electron chi connectivity index (χ4n) is 10.4. The van der Waals surface area contributed by atoms with Gasteiger partial charge >= 0.3 is 0 Å². The van der Waals surface area contributed by atoms with Gasteiger partial charge in [-0.2, -0.15) is 0 Å². The highest BCUT2D eigenvalue weighted by Crippen LogP contribution is 2.62. The molecular weight excluding hydrogens is 771 g/mol. The van der Waals surface area contributed by atoms with Gasteiger partial charge in [-0.3, -0.25) is 0 Å². The second-order valence-corrected chi connectivity index (χ2v) is 17.4. The quantitative estimate of drug-likeness (QED) is 0.172. The summed E-state index contributed by atoms with van der Waals surface area (Å²) >= 11 is 1.88. The zero-order valence-electron chi connectivity index (χ0n) is 33.6. The van der Waals surface area contributed by atoms with E-state index >= 15 is 0 Å². The molecule has 13 rings (SSSR count). The lowest BCUT2D eigenvalue weighted by Gasteiger charge is -2.39. The standard InChI is InChI=1S/C59H37NOS/c1-2-13-38(14-3-1)39-25-29-43(30-26-39)60(45-31-34-57-50(37-45)49-33-27-40-15-4-5-18-46(40)58(49)62-57)44-17-12-16-41(35-44)42-28-32-48-47-19-6-7-20-51(47)59(54(48)36-42)52-21-8-10-23-55(52)61-56-24-11-9-22-53(56)59/h1-37H. The van der Waals surface area contributed by atoms with E-state index in [0.29, 0.717) is 0 Å².